The molecule has 4 heteroatoms. The molecule has 0 aromatic heterocycles. The van der Waals surface area contributed by atoms with E-state index >= 15 is 0 Å². The van der Waals surface area contributed by atoms with Gasteiger partial charge in [0.05, 0.1) is 12.7 Å². The highest BCUT2D eigenvalue weighted by Gasteiger charge is 2.39. The van der Waals surface area contributed by atoms with Crippen LogP contribution < -0.4 is 0 Å². The monoisotopic (exact) mass is 190 g/mol. The summed E-state index contributed by atoms with van der Waals surface area (Å²) in [4.78, 5) is 0. The van der Waals surface area contributed by atoms with Crippen molar-refractivity contribution < 1.29 is 18.9 Å². The van der Waals surface area contributed by atoms with E-state index in [-0.39, 0.29) is 24.4 Å². The molecular formula is C9H18O4. The fourth-order valence-electron chi connectivity index (χ4n) is 1.73. The third kappa shape index (κ3) is 2.20. The van der Waals surface area contributed by atoms with Gasteiger partial charge in [-0.1, -0.05) is 0 Å². The topological polar surface area (TPSA) is 36.9 Å². The fourth-order valence-corrected chi connectivity index (χ4v) is 1.73. The minimum Gasteiger partial charge on any atom is -0.376 e. The minimum absolute atomic E-state index is 0.0360. The van der Waals surface area contributed by atoms with Crippen molar-refractivity contribution in [2.75, 3.05) is 27.9 Å². The van der Waals surface area contributed by atoms with Gasteiger partial charge in [-0.2, -0.15) is 0 Å². The molecule has 1 fully saturated rings. The number of ether oxygens (including phenoxy) is 4. The molecule has 0 radical (unpaired) electrons. The zero-order valence-corrected chi connectivity index (χ0v) is 8.65. The van der Waals surface area contributed by atoms with Gasteiger partial charge in [0.1, 0.15) is 18.3 Å². The van der Waals surface area contributed by atoms with Crippen LogP contribution in [0.1, 0.15) is 6.92 Å². The van der Waals surface area contributed by atoms with E-state index in [9.17, 15) is 0 Å². The normalized spacial score (nSPS) is 40.6. The second-order valence-electron chi connectivity index (χ2n) is 3.21. The summed E-state index contributed by atoms with van der Waals surface area (Å²) in [6.07, 6.45) is -0.0741. The predicted octanol–water partition coefficient (Wildman–Crippen LogP) is 0.450. The molecule has 1 unspecified atom stereocenters. The molecule has 0 aromatic carbocycles. The van der Waals surface area contributed by atoms with Crippen LogP contribution in [-0.2, 0) is 18.9 Å². The van der Waals surface area contributed by atoms with Gasteiger partial charge in [-0.3, -0.25) is 0 Å². The van der Waals surface area contributed by atoms with Crippen LogP contribution in [0.5, 0.6) is 0 Å². The molecule has 1 heterocycles. The van der Waals surface area contributed by atoms with E-state index < -0.39 is 0 Å². The Hall–Kier alpha value is -0.160. The Labute approximate surface area is 79.1 Å². The first-order valence-corrected chi connectivity index (χ1v) is 4.44. The second kappa shape index (κ2) is 4.91. The van der Waals surface area contributed by atoms with Gasteiger partial charge >= 0.3 is 0 Å². The Morgan fingerprint density at radius 1 is 1.00 bits per heavy atom. The van der Waals surface area contributed by atoms with Crippen molar-refractivity contribution in [1.82, 2.24) is 0 Å². The molecule has 0 spiro atoms. The van der Waals surface area contributed by atoms with Crippen LogP contribution >= 0.6 is 0 Å². The molecule has 0 saturated carbocycles. The van der Waals surface area contributed by atoms with Gasteiger partial charge < -0.3 is 18.9 Å². The lowest BCUT2D eigenvalue weighted by atomic mass is 10.0. The van der Waals surface area contributed by atoms with Gasteiger partial charge in [-0.25, -0.2) is 0 Å². The molecule has 78 valence electrons. The zero-order valence-electron chi connectivity index (χ0n) is 8.65. The highest BCUT2D eigenvalue weighted by Crippen LogP contribution is 2.21. The molecule has 0 bridgehead atoms. The zero-order chi connectivity index (χ0) is 9.84. The molecule has 4 atom stereocenters. The Morgan fingerprint density at radius 2 is 1.62 bits per heavy atom. The molecule has 0 aromatic rings. The van der Waals surface area contributed by atoms with Gasteiger partial charge in [0, 0.05) is 21.3 Å². The van der Waals surface area contributed by atoms with Crippen molar-refractivity contribution in [1.29, 1.82) is 0 Å². The number of rotatable bonds is 3. The van der Waals surface area contributed by atoms with Crippen molar-refractivity contribution in [2.24, 2.45) is 0 Å². The SMILES string of the molecule is CO[C@@H]1[C@@H](OC)COC(C)[C@@H]1OC. The van der Waals surface area contributed by atoms with Gasteiger partial charge in [-0.05, 0) is 6.92 Å². The highest BCUT2D eigenvalue weighted by molar-refractivity contribution is 4.87. The summed E-state index contributed by atoms with van der Waals surface area (Å²) < 4.78 is 21.4. The molecule has 1 rings (SSSR count). The molecule has 1 aliphatic rings. The Kier molecular flexibility index (Phi) is 4.12. The van der Waals surface area contributed by atoms with Crippen LogP contribution in [-0.4, -0.2) is 52.4 Å². The van der Waals surface area contributed by atoms with E-state index in [0.29, 0.717) is 6.61 Å². The first-order chi connectivity index (χ1) is 6.24. The molecular weight excluding hydrogens is 172 g/mol. The van der Waals surface area contributed by atoms with Crippen molar-refractivity contribution in [2.45, 2.75) is 31.3 Å². The van der Waals surface area contributed by atoms with Crippen molar-refractivity contribution >= 4 is 0 Å². The lowest BCUT2D eigenvalue weighted by Gasteiger charge is -2.39. The quantitative estimate of drug-likeness (QED) is 0.647. The van der Waals surface area contributed by atoms with E-state index in [1.54, 1.807) is 21.3 Å². The van der Waals surface area contributed by atoms with Crippen molar-refractivity contribution in [3.8, 4) is 0 Å². The molecule has 4 nitrogen and oxygen atoms in total. The van der Waals surface area contributed by atoms with Gasteiger partial charge in [0.25, 0.3) is 0 Å². The van der Waals surface area contributed by atoms with Crippen LogP contribution in [0.3, 0.4) is 0 Å². The minimum atomic E-state index is -0.0521. The number of hydrogen-bond acceptors (Lipinski definition) is 4. The second-order valence-corrected chi connectivity index (χ2v) is 3.21. The third-order valence-corrected chi connectivity index (χ3v) is 2.52. The van der Waals surface area contributed by atoms with E-state index in [0.717, 1.165) is 0 Å². The van der Waals surface area contributed by atoms with E-state index in [1.165, 1.54) is 0 Å². The summed E-state index contributed by atoms with van der Waals surface area (Å²) in [5.41, 5.74) is 0. The fraction of sp³-hybridized carbons (Fsp3) is 1.00. The van der Waals surface area contributed by atoms with Crippen LogP contribution in [0.2, 0.25) is 0 Å². The summed E-state index contributed by atoms with van der Waals surface area (Å²) in [6, 6.07) is 0. The Bertz CT molecular complexity index is 151. The average molecular weight is 190 g/mol. The number of methoxy groups -OCH3 is 3. The first kappa shape index (κ1) is 10.9. The Balaban J connectivity index is 2.64. The van der Waals surface area contributed by atoms with Gasteiger partial charge in [0.15, 0.2) is 0 Å². The third-order valence-electron chi connectivity index (χ3n) is 2.52. The van der Waals surface area contributed by atoms with Crippen molar-refractivity contribution in [3.05, 3.63) is 0 Å². The first-order valence-electron chi connectivity index (χ1n) is 4.44. The lowest BCUT2D eigenvalue weighted by molar-refractivity contribution is -0.206. The smallest absolute Gasteiger partial charge is 0.114 e. The van der Waals surface area contributed by atoms with Crippen molar-refractivity contribution in [3.63, 3.8) is 0 Å². The predicted molar refractivity (Wildman–Crippen MR) is 47.8 cm³/mol. The molecule has 1 saturated heterocycles. The maximum Gasteiger partial charge on any atom is 0.114 e. The van der Waals surface area contributed by atoms with E-state index in [2.05, 4.69) is 0 Å². The summed E-state index contributed by atoms with van der Waals surface area (Å²) in [7, 11) is 4.98. The molecule has 0 amide bonds. The summed E-state index contributed by atoms with van der Waals surface area (Å²) in [5.74, 6) is 0. The van der Waals surface area contributed by atoms with Gasteiger partial charge in [-0.15, -0.1) is 0 Å². The highest BCUT2D eigenvalue weighted by atomic mass is 16.6. The maximum atomic E-state index is 5.49. The maximum absolute atomic E-state index is 5.49. The average Bonchev–Trinajstić information content (AvgIpc) is 2.17. The van der Waals surface area contributed by atoms with E-state index in [1.807, 2.05) is 6.92 Å². The van der Waals surface area contributed by atoms with E-state index in [4.69, 9.17) is 18.9 Å². The summed E-state index contributed by atoms with van der Waals surface area (Å²) >= 11 is 0. The molecule has 1 aliphatic heterocycles. The largest absolute Gasteiger partial charge is 0.376 e. The lowest BCUT2D eigenvalue weighted by Crippen LogP contribution is -2.54. The molecule has 13 heavy (non-hydrogen) atoms. The van der Waals surface area contributed by atoms with Crippen LogP contribution in [0.15, 0.2) is 0 Å². The Morgan fingerprint density at radius 3 is 2.08 bits per heavy atom. The summed E-state index contributed by atoms with van der Waals surface area (Å²) in [6.45, 7) is 2.54. The molecule has 0 aliphatic carbocycles. The van der Waals surface area contributed by atoms with Gasteiger partial charge in [0.2, 0.25) is 0 Å². The van der Waals surface area contributed by atoms with Crippen LogP contribution in [0, 0.1) is 0 Å². The van der Waals surface area contributed by atoms with Crippen LogP contribution in [0.25, 0.3) is 0 Å². The standard InChI is InChI=1S/C9H18O4/c1-6-8(11-3)9(12-4)7(10-2)5-13-6/h6-9H,5H2,1-4H3/t6?,7-,8-,9+/m0/s1. The molecule has 0 N–H and O–H groups in total. The van der Waals surface area contributed by atoms with Crippen LogP contribution in [0.4, 0.5) is 0 Å². The summed E-state index contributed by atoms with van der Waals surface area (Å²) in [5, 5.41) is 0. The number of hydrogen-bond donors (Lipinski definition) is 0.